The van der Waals surface area contributed by atoms with Crippen molar-refractivity contribution in [1.29, 1.82) is 0 Å². The van der Waals surface area contributed by atoms with Crippen LogP contribution in [-0.4, -0.2) is 43.3 Å². The Morgan fingerprint density at radius 3 is 3.20 bits per heavy atom. The van der Waals surface area contributed by atoms with E-state index < -0.39 is 0 Å². The molecular weight excluding hydrogens is 428 g/mol. The zero-order valence-electron chi connectivity index (χ0n) is 12.5. The number of rotatable bonds is 7. The van der Waals surface area contributed by atoms with Gasteiger partial charge in [-0.15, -0.1) is 15.3 Å². The number of nitrogens with zero attached hydrogens (tertiary/aromatic N) is 5. The Hall–Kier alpha value is -2.31. The minimum Gasteiger partial charge on any atom is -0.300 e. The highest BCUT2D eigenvalue weighted by Crippen LogP contribution is 2.15. The van der Waals surface area contributed by atoms with Crippen LogP contribution >= 0.6 is 39.0 Å². The van der Waals surface area contributed by atoms with Gasteiger partial charge in [0.25, 0.3) is 0 Å². The maximum atomic E-state index is 11.7. The highest BCUT2D eigenvalue weighted by atomic mass is 79.9. The molecule has 0 atom stereocenters. The fourth-order valence-electron chi connectivity index (χ4n) is 1.63. The van der Waals surface area contributed by atoms with Crippen LogP contribution in [-0.2, 0) is 4.79 Å². The quantitative estimate of drug-likeness (QED) is 0.294. The molecule has 128 valence electrons. The second-order valence-corrected chi connectivity index (χ2v) is 7.16. The molecule has 0 aliphatic rings. The Labute approximate surface area is 158 Å². The van der Waals surface area contributed by atoms with Crippen LogP contribution in [0, 0.1) is 0 Å². The molecule has 1 aromatic carbocycles. The number of carbonyl (C=O) groups is 1. The lowest BCUT2D eigenvalue weighted by molar-refractivity contribution is -0.113. The third-order valence-electron chi connectivity index (χ3n) is 2.64. The van der Waals surface area contributed by atoms with Gasteiger partial charge in [0.1, 0.15) is 5.51 Å². The van der Waals surface area contributed by atoms with Gasteiger partial charge in [0.2, 0.25) is 22.1 Å². The molecule has 3 rings (SSSR count). The summed E-state index contributed by atoms with van der Waals surface area (Å²) in [5, 5.41) is 21.7. The van der Waals surface area contributed by atoms with Crippen LogP contribution < -0.4 is 10.7 Å². The molecule has 2 aromatic heterocycles. The van der Waals surface area contributed by atoms with Crippen LogP contribution in [0.25, 0.3) is 0 Å². The van der Waals surface area contributed by atoms with Crippen molar-refractivity contribution in [1.82, 2.24) is 25.4 Å². The molecule has 0 bridgehead atoms. The van der Waals surface area contributed by atoms with Crippen molar-refractivity contribution in [2.24, 2.45) is 5.10 Å². The average molecular weight is 439 g/mol. The highest BCUT2D eigenvalue weighted by Gasteiger charge is 2.09. The van der Waals surface area contributed by atoms with E-state index in [0.29, 0.717) is 16.2 Å². The van der Waals surface area contributed by atoms with E-state index in [0.717, 1.165) is 10.0 Å². The van der Waals surface area contributed by atoms with E-state index >= 15 is 0 Å². The van der Waals surface area contributed by atoms with Crippen LogP contribution in [0.3, 0.4) is 0 Å². The minimum atomic E-state index is -0.200. The fourth-order valence-corrected chi connectivity index (χ4v) is 3.11. The summed E-state index contributed by atoms with van der Waals surface area (Å²) in [6.07, 6.45) is 1.66. The van der Waals surface area contributed by atoms with E-state index in [9.17, 15) is 4.79 Å². The Morgan fingerprint density at radius 1 is 1.48 bits per heavy atom. The van der Waals surface area contributed by atoms with Gasteiger partial charge in [0.15, 0.2) is 0 Å². The van der Waals surface area contributed by atoms with Gasteiger partial charge in [-0.05, 0) is 17.7 Å². The monoisotopic (exact) mass is 438 g/mol. The predicted molar refractivity (Wildman–Crippen MR) is 101 cm³/mol. The van der Waals surface area contributed by atoms with Crippen molar-refractivity contribution in [3.8, 4) is 0 Å². The molecule has 9 nitrogen and oxygen atoms in total. The van der Waals surface area contributed by atoms with E-state index in [-0.39, 0.29) is 11.7 Å². The van der Waals surface area contributed by atoms with Gasteiger partial charge in [-0.3, -0.25) is 10.1 Å². The van der Waals surface area contributed by atoms with Crippen molar-refractivity contribution >= 4 is 62.2 Å². The first-order valence-electron chi connectivity index (χ1n) is 6.85. The molecule has 0 radical (unpaired) electrons. The Kier molecular flexibility index (Phi) is 6.09. The van der Waals surface area contributed by atoms with Crippen LogP contribution in [0.5, 0.6) is 0 Å². The maximum Gasteiger partial charge on any atom is 0.240 e. The predicted octanol–water partition coefficient (Wildman–Crippen LogP) is 2.60. The molecule has 1 amide bonds. The third-order valence-corrected chi connectivity index (χ3v) is 4.58. The first-order chi connectivity index (χ1) is 12.2. The molecule has 3 N–H and O–H groups in total. The molecule has 12 heteroatoms. The summed E-state index contributed by atoms with van der Waals surface area (Å²) in [6.45, 7) is 0. The van der Waals surface area contributed by atoms with E-state index in [1.807, 2.05) is 24.3 Å². The van der Waals surface area contributed by atoms with Gasteiger partial charge in [-0.25, -0.2) is 10.5 Å². The molecule has 0 saturated heterocycles. The zero-order chi connectivity index (χ0) is 17.5. The molecule has 2 heterocycles. The Balaban J connectivity index is 1.46. The molecule has 0 saturated carbocycles. The second kappa shape index (κ2) is 8.69. The summed E-state index contributed by atoms with van der Waals surface area (Å²) in [7, 11) is 0. The number of hydrogen-bond donors (Lipinski definition) is 3. The number of anilines is 2. The Bertz CT molecular complexity index is 867. The van der Waals surface area contributed by atoms with Gasteiger partial charge in [0.05, 0.1) is 12.0 Å². The van der Waals surface area contributed by atoms with Gasteiger partial charge in [-0.1, -0.05) is 51.2 Å². The Morgan fingerprint density at radius 2 is 2.40 bits per heavy atom. The number of hydrogen-bond acceptors (Lipinski definition) is 9. The molecule has 0 fully saturated rings. The van der Waals surface area contributed by atoms with Gasteiger partial charge in [-0.2, -0.15) is 10.1 Å². The summed E-state index contributed by atoms with van der Waals surface area (Å²) in [4.78, 5) is 15.9. The molecule has 25 heavy (non-hydrogen) atoms. The van der Waals surface area contributed by atoms with E-state index in [1.54, 1.807) is 11.7 Å². The zero-order valence-corrected chi connectivity index (χ0v) is 15.7. The molecule has 0 unspecified atom stereocenters. The summed E-state index contributed by atoms with van der Waals surface area (Å²) >= 11 is 5.85. The molecule has 0 spiro atoms. The number of halogens is 1. The number of benzene rings is 1. The molecule has 3 aromatic rings. The van der Waals surface area contributed by atoms with Gasteiger partial charge in [0, 0.05) is 4.47 Å². The van der Waals surface area contributed by atoms with Crippen LogP contribution in [0.1, 0.15) is 5.56 Å². The molecular formula is C13H11BrN8OS2. The first-order valence-corrected chi connectivity index (χ1v) is 9.51. The summed E-state index contributed by atoms with van der Waals surface area (Å²) in [5.41, 5.74) is 5.23. The number of thioether (sulfide) groups is 1. The summed E-state index contributed by atoms with van der Waals surface area (Å²) in [5.74, 6) is 0.352. The molecule has 0 aliphatic carbocycles. The summed E-state index contributed by atoms with van der Waals surface area (Å²) < 4.78 is 0.974. The van der Waals surface area contributed by atoms with E-state index in [4.69, 9.17) is 0 Å². The third kappa shape index (κ3) is 5.62. The number of nitrogens with one attached hydrogen (secondary N) is 3. The normalized spacial score (nSPS) is 10.9. The van der Waals surface area contributed by atoms with Crippen LogP contribution in [0.2, 0.25) is 0 Å². The largest absolute Gasteiger partial charge is 0.300 e. The van der Waals surface area contributed by atoms with Crippen LogP contribution in [0.15, 0.2) is 44.5 Å². The number of amides is 1. The highest BCUT2D eigenvalue weighted by molar-refractivity contribution is 9.10. The summed E-state index contributed by atoms with van der Waals surface area (Å²) in [6, 6.07) is 7.71. The fraction of sp³-hybridized carbons (Fsp3) is 0.0769. The van der Waals surface area contributed by atoms with E-state index in [1.165, 1.54) is 23.1 Å². The van der Waals surface area contributed by atoms with E-state index in [2.05, 4.69) is 57.2 Å². The van der Waals surface area contributed by atoms with Gasteiger partial charge < -0.3 is 0 Å². The number of H-pyrrole nitrogens is 1. The molecule has 0 aliphatic heterocycles. The van der Waals surface area contributed by atoms with Crippen LogP contribution in [0.4, 0.5) is 11.1 Å². The smallest absolute Gasteiger partial charge is 0.240 e. The van der Waals surface area contributed by atoms with Crippen molar-refractivity contribution in [3.05, 3.63) is 39.8 Å². The lowest BCUT2D eigenvalue weighted by Crippen LogP contribution is -2.13. The standard InChI is InChI=1S/C13H11BrN8OS2/c14-9-3-1-2-8(4-9)5-15-19-11-18-13(22-20-11)24-6-10(23)17-12-21-16-7-25-12/h1-5,7H,6H2,(H,17,21,23)(H2,18,19,20,22)/b15-5+. The minimum absolute atomic E-state index is 0.165. The van der Waals surface area contributed by atoms with Gasteiger partial charge >= 0.3 is 0 Å². The number of aromatic nitrogens is 5. The lowest BCUT2D eigenvalue weighted by Gasteiger charge is -1.98. The SMILES string of the molecule is O=C(CSc1n[nH]c(N/N=C/c2cccc(Br)c2)n1)Nc1nncs1. The topological polar surface area (TPSA) is 121 Å². The number of carbonyl (C=O) groups excluding carboxylic acids is 1. The van der Waals surface area contributed by atoms with Crippen molar-refractivity contribution in [3.63, 3.8) is 0 Å². The number of hydrazone groups is 1. The van der Waals surface area contributed by atoms with Crippen molar-refractivity contribution in [2.75, 3.05) is 16.5 Å². The second-order valence-electron chi connectivity index (χ2n) is 4.47. The first kappa shape index (κ1) is 17.5. The maximum absolute atomic E-state index is 11.7. The number of aromatic amines is 1. The lowest BCUT2D eigenvalue weighted by atomic mass is 10.2. The van der Waals surface area contributed by atoms with Crippen molar-refractivity contribution in [2.45, 2.75) is 5.16 Å². The average Bonchev–Trinajstić information content (AvgIpc) is 3.25. The van der Waals surface area contributed by atoms with Crippen molar-refractivity contribution < 1.29 is 4.79 Å².